The molecule has 1 N–H and O–H groups in total. The minimum absolute atomic E-state index is 0.0155. The Bertz CT molecular complexity index is 633. The number of thiol groups is 1. The van der Waals surface area contributed by atoms with Crippen molar-refractivity contribution in [1.82, 2.24) is 10.2 Å². The van der Waals surface area contributed by atoms with Crippen molar-refractivity contribution in [3.8, 4) is 0 Å². The van der Waals surface area contributed by atoms with Crippen molar-refractivity contribution < 1.29 is 22.7 Å². The Morgan fingerprint density at radius 3 is 2.64 bits per heavy atom. The van der Waals surface area contributed by atoms with E-state index >= 15 is 0 Å². The van der Waals surface area contributed by atoms with Gasteiger partial charge in [-0.05, 0) is 50.6 Å². The Morgan fingerprint density at radius 2 is 2.00 bits per heavy atom. The van der Waals surface area contributed by atoms with E-state index in [0.29, 0.717) is 13.2 Å². The quantitative estimate of drug-likeness (QED) is 0.800. The van der Waals surface area contributed by atoms with E-state index in [-0.39, 0.29) is 22.5 Å². The first-order valence-corrected chi connectivity index (χ1v) is 8.84. The molecule has 0 spiro atoms. The fraction of sp³-hybridized carbons (Fsp3) is 0.588. The van der Waals surface area contributed by atoms with Crippen molar-refractivity contribution in [2.45, 2.75) is 42.4 Å². The van der Waals surface area contributed by atoms with Crippen molar-refractivity contribution in [2.24, 2.45) is 0 Å². The highest BCUT2D eigenvalue weighted by atomic mass is 32.1. The van der Waals surface area contributed by atoms with Gasteiger partial charge in [0, 0.05) is 17.5 Å². The topological polar surface area (TPSA) is 41.6 Å². The number of hydrogen-bond donors (Lipinski definition) is 2. The summed E-state index contributed by atoms with van der Waals surface area (Å²) in [6.07, 6.45) is -1.31. The molecule has 3 rings (SSSR count). The fourth-order valence-electron chi connectivity index (χ4n) is 3.52. The Morgan fingerprint density at radius 1 is 1.28 bits per heavy atom. The van der Waals surface area contributed by atoms with Crippen LogP contribution in [0.15, 0.2) is 23.1 Å². The van der Waals surface area contributed by atoms with Crippen LogP contribution in [-0.4, -0.2) is 49.2 Å². The number of carbonyl (C=O) groups is 1. The highest BCUT2D eigenvalue weighted by Gasteiger charge is 2.34. The van der Waals surface area contributed by atoms with Crippen LogP contribution in [0.2, 0.25) is 0 Å². The molecule has 2 atom stereocenters. The highest BCUT2D eigenvalue weighted by molar-refractivity contribution is 7.80. The average molecular weight is 374 g/mol. The number of benzene rings is 1. The van der Waals surface area contributed by atoms with E-state index in [1.165, 1.54) is 6.07 Å². The summed E-state index contributed by atoms with van der Waals surface area (Å²) >= 11 is 4.06. The van der Waals surface area contributed by atoms with Crippen LogP contribution in [0.4, 0.5) is 13.2 Å². The van der Waals surface area contributed by atoms with Crippen LogP contribution in [0, 0.1) is 0 Å². The third-order valence-electron chi connectivity index (χ3n) is 4.82. The second-order valence-electron chi connectivity index (χ2n) is 6.48. The van der Waals surface area contributed by atoms with Gasteiger partial charge < -0.3 is 10.1 Å². The number of halogens is 3. The molecule has 4 nitrogen and oxygen atoms in total. The van der Waals surface area contributed by atoms with E-state index in [9.17, 15) is 18.0 Å². The average Bonchev–Trinajstić information content (AvgIpc) is 3.08. The maximum absolute atomic E-state index is 12.7. The molecular weight excluding hydrogens is 353 g/mol. The molecule has 1 aromatic carbocycles. The zero-order valence-corrected chi connectivity index (χ0v) is 14.6. The molecule has 2 saturated heterocycles. The van der Waals surface area contributed by atoms with Crippen molar-refractivity contribution in [3.05, 3.63) is 29.3 Å². The van der Waals surface area contributed by atoms with Gasteiger partial charge in [-0.25, -0.2) is 0 Å². The zero-order valence-electron chi connectivity index (χ0n) is 13.7. The SMILES string of the molecule is O=C(NC1COCCC1N1CCCC1)c1ccc(C(F)(F)F)cc1S. The summed E-state index contributed by atoms with van der Waals surface area (Å²) in [6, 6.07) is 3.00. The van der Waals surface area contributed by atoms with Crippen molar-refractivity contribution in [1.29, 1.82) is 0 Å². The Labute approximate surface area is 150 Å². The summed E-state index contributed by atoms with van der Waals surface area (Å²) in [6.45, 7) is 3.09. The molecule has 8 heteroatoms. The zero-order chi connectivity index (χ0) is 18.0. The van der Waals surface area contributed by atoms with Crippen LogP contribution in [0.25, 0.3) is 0 Å². The Kier molecular flexibility index (Phi) is 5.60. The largest absolute Gasteiger partial charge is 0.416 e. The molecule has 1 amide bonds. The lowest BCUT2D eigenvalue weighted by Crippen LogP contribution is -2.56. The van der Waals surface area contributed by atoms with Gasteiger partial charge >= 0.3 is 6.18 Å². The number of nitrogens with zero attached hydrogens (tertiary/aromatic N) is 1. The number of likely N-dealkylation sites (tertiary alicyclic amines) is 1. The van der Waals surface area contributed by atoms with Crippen molar-refractivity contribution in [2.75, 3.05) is 26.3 Å². The van der Waals surface area contributed by atoms with Crippen LogP contribution in [0.3, 0.4) is 0 Å². The molecule has 1 aromatic rings. The second-order valence-corrected chi connectivity index (χ2v) is 6.97. The lowest BCUT2D eigenvalue weighted by atomic mass is 10.0. The van der Waals surface area contributed by atoms with E-state index in [1.807, 2.05) is 0 Å². The molecule has 2 aliphatic rings. The second kappa shape index (κ2) is 7.55. The summed E-state index contributed by atoms with van der Waals surface area (Å²) in [4.78, 5) is 14.9. The van der Waals surface area contributed by atoms with Gasteiger partial charge in [-0.2, -0.15) is 13.2 Å². The normalized spacial score (nSPS) is 25.1. The summed E-state index contributed by atoms with van der Waals surface area (Å²) in [7, 11) is 0. The molecule has 25 heavy (non-hydrogen) atoms. The van der Waals surface area contributed by atoms with Gasteiger partial charge in [-0.15, -0.1) is 12.6 Å². The van der Waals surface area contributed by atoms with E-state index in [1.54, 1.807) is 0 Å². The van der Waals surface area contributed by atoms with Crippen LogP contribution >= 0.6 is 12.6 Å². The number of amides is 1. The number of rotatable bonds is 3. The van der Waals surface area contributed by atoms with Crippen LogP contribution in [0.1, 0.15) is 35.2 Å². The summed E-state index contributed by atoms with van der Waals surface area (Å²) in [5, 5.41) is 2.93. The van der Waals surface area contributed by atoms with Gasteiger partial charge in [0.15, 0.2) is 0 Å². The lowest BCUT2D eigenvalue weighted by Gasteiger charge is -2.38. The molecule has 2 fully saturated rings. The van der Waals surface area contributed by atoms with Crippen LogP contribution in [-0.2, 0) is 10.9 Å². The molecular formula is C17H21F3N2O2S. The number of carbonyl (C=O) groups excluding carboxylic acids is 1. The Balaban J connectivity index is 1.72. The number of hydrogen-bond acceptors (Lipinski definition) is 4. The minimum Gasteiger partial charge on any atom is -0.379 e. The molecule has 0 bridgehead atoms. The van der Waals surface area contributed by atoms with Gasteiger partial charge in [0.2, 0.25) is 0 Å². The van der Waals surface area contributed by atoms with Crippen LogP contribution < -0.4 is 5.32 Å². The third-order valence-corrected chi connectivity index (χ3v) is 5.19. The Hall–Kier alpha value is -1.25. The van der Waals surface area contributed by atoms with E-state index in [0.717, 1.165) is 44.5 Å². The third kappa shape index (κ3) is 4.30. The van der Waals surface area contributed by atoms with Gasteiger partial charge in [-0.3, -0.25) is 9.69 Å². The maximum Gasteiger partial charge on any atom is 0.416 e. The first kappa shape index (κ1) is 18.5. The molecule has 2 aliphatic heterocycles. The van der Waals surface area contributed by atoms with Gasteiger partial charge in [0.05, 0.1) is 23.8 Å². The molecule has 0 saturated carbocycles. The first-order chi connectivity index (χ1) is 11.9. The van der Waals surface area contributed by atoms with E-state index in [4.69, 9.17) is 4.74 Å². The molecule has 2 heterocycles. The highest BCUT2D eigenvalue weighted by Crippen LogP contribution is 2.31. The first-order valence-electron chi connectivity index (χ1n) is 8.39. The van der Waals surface area contributed by atoms with Gasteiger partial charge in [0.1, 0.15) is 0 Å². The smallest absolute Gasteiger partial charge is 0.379 e. The van der Waals surface area contributed by atoms with Gasteiger partial charge in [0.25, 0.3) is 5.91 Å². The standard InChI is InChI=1S/C17H21F3N2O2S/c18-17(19,20)11-3-4-12(15(25)9-11)16(23)21-13-10-24-8-5-14(13)22-6-1-2-7-22/h3-4,9,13-14,25H,1-2,5-8,10H2,(H,21,23). The molecule has 2 unspecified atom stereocenters. The van der Waals surface area contributed by atoms with E-state index in [2.05, 4.69) is 22.8 Å². The molecule has 0 aromatic heterocycles. The minimum atomic E-state index is -4.45. The molecule has 0 aliphatic carbocycles. The monoisotopic (exact) mass is 374 g/mol. The van der Waals surface area contributed by atoms with E-state index < -0.39 is 17.6 Å². The van der Waals surface area contributed by atoms with Crippen molar-refractivity contribution in [3.63, 3.8) is 0 Å². The number of ether oxygens (including phenoxy) is 1. The number of nitrogens with one attached hydrogen (secondary N) is 1. The summed E-state index contributed by atoms with van der Waals surface area (Å²) in [5.41, 5.74) is -0.674. The fourth-order valence-corrected chi connectivity index (χ4v) is 3.84. The van der Waals surface area contributed by atoms with Crippen LogP contribution in [0.5, 0.6) is 0 Å². The maximum atomic E-state index is 12.7. The number of alkyl halides is 3. The van der Waals surface area contributed by atoms with Gasteiger partial charge in [-0.1, -0.05) is 0 Å². The molecule has 138 valence electrons. The van der Waals surface area contributed by atoms with Crippen molar-refractivity contribution >= 4 is 18.5 Å². The summed E-state index contributed by atoms with van der Waals surface area (Å²) < 4.78 is 43.7. The molecule has 0 radical (unpaired) electrons. The predicted octanol–water partition coefficient (Wildman–Crippen LogP) is 2.98. The summed E-state index contributed by atoms with van der Waals surface area (Å²) in [5.74, 6) is -0.418. The predicted molar refractivity (Wildman–Crippen MR) is 90.0 cm³/mol. The lowest BCUT2D eigenvalue weighted by molar-refractivity contribution is -0.137.